The number of methoxy groups -OCH3 is 1. The van der Waals surface area contributed by atoms with E-state index in [-0.39, 0.29) is 6.54 Å². The number of anilines is 1. The van der Waals surface area contributed by atoms with Crippen molar-refractivity contribution in [3.05, 3.63) is 29.8 Å². The molecule has 25 heavy (non-hydrogen) atoms. The number of rotatable bonds is 6. The van der Waals surface area contributed by atoms with Gasteiger partial charge in [-0.15, -0.1) is 0 Å². The summed E-state index contributed by atoms with van der Waals surface area (Å²) in [6, 6.07) is 6.99. The first-order chi connectivity index (χ1) is 12.0. The summed E-state index contributed by atoms with van der Waals surface area (Å²) in [5, 5.41) is 2.33. The second kappa shape index (κ2) is 9.03. The van der Waals surface area contributed by atoms with Gasteiger partial charge in [-0.25, -0.2) is 4.79 Å². The lowest BCUT2D eigenvalue weighted by atomic mass is 10.2. The van der Waals surface area contributed by atoms with Gasteiger partial charge >= 0.3 is 11.9 Å². The van der Waals surface area contributed by atoms with E-state index in [1.807, 2.05) is 12.1 Å². The van der Waals surface area contributed by atoms with Crippen LogP contribution in [0.4, 0.5) is 5.69 Å². The fourth-order valence-electron chi connectivity index (χ4n) is 2.29. The highest BCUT2D eigenvalue weighted by Gasteiger charge is 2.20. The Morgan fingerprint density at radius 1 is 1.20 bits per heavy atom. The third-order valence-electron chi connectivity index (χ3n) is 3.77. The van der Waals surface area contributed by atoms with Gasteiger partial charge in [0, 0.05) is 18.8 Å². The van der Waals surface area contributed by atoms with E-state index < -0.39 is 23.9 Å². The summed E-state index contributed by atoms with van der Waals surface area (Å²) < 4.78 is 14.8. The predicted molar refractivity (Wildman–Crippen MR) is 89.4 cm³/mol. The number of ether oxygens (including phenoxy) is 3. The minimum absolute atomic E-state index is 0.272. The quantitative estimate of drug-likeness (QED) is 0.740. The zero-order chi connectivity index (χ0) is 18.2. The third kappa shape index (κ3) is 5.46. The van der Waals surface area contributed by atoms with E-state index in [0.29, 0.717) is 18.8 Å². The lowest BCUT2D eigenvalue weighted by molar-refractivity contribution is -0.142. The molecule has 1 aromatic rings. The molecule has 0 aromatic heterocycles. The Kier molecular flexibility index (Phi) is 6.76. The van der Waals surface area contributed by atoms with Gasteiger partial charge in [-0.1, -0.05) is 0 Å². The van der Waals surface area contributed by atoms with E-state index in [0.717, 1.165) is 18.8 Å². The molecule has 1 N–H and O–H groups in total. The molecule has 8 heteroatoms. The van der Waals surface area contributed by atoms with Crippen molar-refractivity contribution in [2.24, 2.45) is 0 Å². The fraction of sp³-hybridized carbons (Fsp3) is 0.471. The van der Waals surface area contributed by atoms with Crippen molar-refractivity contribution in [1.29, 1.82) is 0 Å². The molecule has 1 heterocycles. The number of hydrogen-bond donors (Lipinski definition) is 1. The number of nitrogens with zero attached hydrogens (tertiary/aromatic N) is 1. The molecule has 0 spiro atoms. The molecule has 1 aliphatic heterocycles. The van der Waals surface area contributed by atoms with E-state index in [2.05, 4.69) is 15.0 Å². The second-order valence-electron chi connectivity index (χ2n) is 5.49. The number of hydrogen-bond acceptors (Lipinski definition) is 7. The number of morpholine rings is 1. The van der Waals surface area contributed by atoms with Crippen LogP contribution >= 0.6 is 0 Å². The Morgan fingerprint density at radius 3 is 2.44 bits per heavy atom. The summed E-state index contributed by atoms with van der Waals surface area (Å²) in [4.78, 5) is 37.0. The smallest absolute Gasteiger partial charge is 0.338 e. The van der Waals surface area contributed by atoms with Crippen LogP contribution < -0.4 is 10.2 Å². The zero-order valence-electron chi connectivity index (χ0n) is 14.3. The lowest BCUT2D eigenvalue weighted by Crippen LogP contribution is -2.38. The second-order valence-corrected chi connectivity index (χ2v) is 5.49. The van der Waals surface area contributed by atoms with Gasteiger partial charge < -0.3 is 24.4 Å². The summed E-state index contributed by atoms with van der Waals surface area (Å²) >= 11 is 0. The maximum absolute atomic E-state index is 12.1. The molecule has 0 bridgehead atoms. The highest BCUT2D eigenvalue weighted by molar-refractivity contribution is 5.93. The summed E-state index contributed by atoms with van der Waals surface area (Å²) in [6.07, 6.45) is -1.02. The lowest BCUT2D eigenvalue weighted by Gasteiger charge is -2.28. The molecule has 1 fully saturated rings. The molecule has 1 aliphatic rings. The van der Waals surface area contributed by atoms with Crippen LogP contribution in [0.1, 0.15) is 17.3 Å². The first kappa shape index (κ1) is 18.7. The molecular weight excluding hydrogens is 328 g/mol. The van der Waals surface area contributed by atoms with Crippen LogP contribution in [0.25, 0.3) is 0 Å². The largest absolute Gasteiger partial charge is 0.468 e. The number of benzene rings is 1. The zero-order valence-corrected chi connectivity index (χ0v) is 14.3. The summed E-state index contributed by atoms with van der Waals surface area (Å²) in [7, 11) is 1.22. The molecule has 0 radical (unpaired) electrons. The number of esters is 2. The van der Waals surface area contributed by atoms with E-state index in [9.17, 15) is 14.4 Å². The van der Waals surface area contributed by atoms with Crippen LogP contribution in [0.2, 0.25) is 0 Å². The first-order valence-corrected chi connectivity index (χ1v) is 7.99. The normalized spacial score (nSPS) is 15.2. The van der Waals surface area contributed by atoms with Crippen molar-refractivity contribution in [2.45, 2.75) is 13.0 Å². The summed E-state index contributed by atoms with van der Waals surface area (Å²) in [6.45, 7) is 4.14. The maximum atomic E-state index is 12.1. The molecule has 0 aliphatic carbocycles. The van der Waals surface area contributed by atoms with Crippen molar-refractivity contribution in [2.75, 3.05) is 44.9 Å². The van der Waals surface area contributed by atoms with Crippen molar-refractivity contribution < 1.29 is 28.6 Å². The van der Waals surface area contributed by atoms with Gasteiger partial charge in [-0.2, -0.15) is 0 Å². The van der Waals surface area contributed by atoms with Crippen molar-refractivity contribution in [3.63, 3.8) is 0 Å². The minimum atomic E-state index is -1.02. The van der Waals surface area contributed by atoms with E-state index >= 15 is 0 Å². The van der Waals surface area contributed by atoms with Crippen LogP contribution in [0, 0.1) is 0 Å². The standard InChI is InChI=1S/C17H22N2O6/c1-12(16(21)18-11-15(20)23-2)25-17(22)13-3-5-14(6-4-13)19-7-9-24-10-8-19/h3-6,12H,7-11H2,1-2H3,(H,18,21)/t12-/m1/s1. The molecule has 136 valence electrons. The molecule has 1 atom stereocenters. The number of nitrogens with one attached hydrogen (secondary N) is 1. The van der Waals surface area contributed by atoms with Crippen LogP contribution in [-0.2, 0) is 23.8 Å². The minimum Gasteiger partial charge on any atom is -0.468 e. The van der Waals surface area contributed by atoms with E-state index in [1.165, 1.54) is 14.0 Å². The van der Waals surface area contributed by atoms with Crippen LogP contribution in [0.15, 0.2) is 24.3 Å². The molecule has 1 saturated heterocycles. The molecule has 2 rings (SSSR count). The van der Waals surface area contributed by atoms with Crippen LogP contribution in [0.5, 0.6) is 0 Å². The number of carbonyl (C=O) groups excluding carboxylic acids is 3. The SMILES string of the molecule is COC(=O)CNC(=O)[C@@H](C)OC(=O)c1ccc(N2CCOCC2)cc1. The van der Waals surface area contributed by atoms with Crippen molar-refractivity contribution >= 4 is 23.5 Å². The molecular formula is C17H22N2O6. The average Bonchev–Trinajstić information content (AvgIpc) is 2.66. The Hall–Kier alpha value is -2.61. The van der Waals surface area contributed by atoms with Gasteiger partial charge in [-0.05, 0) is 31.2 Å². The Morgan fingerprint density at radius 2 is 1.84 bits per heavy atom. The average molecular weight is 350 g/mol. The van der Waals surface area contributed by atoms with Gasteiger partial charge in [0.2, 0.25) is 0 Å². The molecule has 8 nitrogen and oxygen atoms in total. The topological polar surface area (TPSA) is 94.2 Å². The molecule has 0 saturated carbocycles. The van der Waals surface area contributed by atoms with Gasteiger partial charge in [0.05, 0.1) is 25.9 Å². The van der Waals surface area contributed by atoms with Gasteiger partial charge in [0.25, 0.3) is 5.91 Å². The van der Waals surface area contributed by atoms with Crippen LogP contribution in [-0.4, -0.2) is 63.9 Å². The predicted octanol–water partition coefficient (Wildman–Crippen LogP) is 0.358. The van der Waals surface area contributed by atoms with Crippen molar-refractivity contribution in [3.8, 4) is 0 Å². The monoisotopic (exact) mass is 350 g/mol. The molecule has 0 unspecified atom stereocenters. The van der Waals surface area contributed by atoms with Crippen molar-refractivity contribution in [1.82, 2.24) is 5.32 Å². The van der Waals surface area contributed by atoms with E-state index in [4.69, 9.17) is 9.47 Å². The van der Waals surface area contributed by atoms with Gasteiger partial charge in [0.15, 0.2) is 6.10 Å². The molecule has 1 amide bonds. The Balaban J connectivity index is 1.87. The maximum Gasteiger partial charge on any atom is 0.338 e. The highest BCUT2D eigenvalue weighted by Crippen LogP contribution is 2.17. The molecule has 1 aromatic carbocycles. The number of amides is 1. The highest BCUT2D eigenvalue weighted by atomic mass is 16.5. The van der Waals surface area contributed by atoms with Crippen LogP contribution in [0.3, 0.4) is 0 Å². The first-order valence-electron chi connectivity index (χ1n) is 7.99. The number of carbonyl (C=O) groups is 3. The van der Waals surface area contributed by atoms with Gasteiger partial charge in [-0.3, -0.25) is 9.59 Å². The summed E-state index contributed by atoms with van der Waals surface area (Å²) in [5.41, 5.74) is 1.35. The Bertz CT molecular complexity index is 610. The van der Waals surface area contributed by atoms with Gasteiger partial charge in [0.1, 0.15) is 6.54 Å². The third-order valence-corrected chi connectivity index (χ3v) is 3.77. The Labute approximate surface area is 146 Å². The fourth-order valence-corrected chi connectivity index (χ4v) is 2.29. The summed E-state index contributed by atoms with van der Waals surface area (Å²) in [5.74, 6) is -1.75. The van der Waals surface area contributed by atoms with E-state index in [1.54, 1.807) is 12.1 Å².